The summed E-state index contributed by atoms with van der Waals surface area (Å²) >= 11 is 0. The van der Waals surface area contributed by atoms with E-state index in [-0.39, 0.29) is 32.6 Å². The van der Waals surface area contributed by atoms with Crippen molar-refractivity contribution in [1.29, 1.82) is 0 Å². The number of carboxylic acids is 2. The van der Waals surface area contributed by atoms with Crippen molar-refractivity contribution in [3.8, 4) is 0 Å². The van der Waals surface area contributed by atoms with Crippen LogP contribution in [0.4, 0.5) is 0 Å². The molecule has 0 saturated carbocycles. The standard InChI is InChI=1S/C20H30O4.Li.H/c1-2-3-4-5-6-7-9-14-17(16-12-10-8-11-13-16)15-18(19(21)22)20(23)24;;/h8,10-13,17-18H,2-7,9,14-15H2,1H3,(H,21,22)(H,23,24);;/q;+1;-1. The van der Waals surface area contributed by atoms with E-state index >= 15 is 0 Å². The molecule has 4 nitrogen and oxygen atoms in total. The Labute approximate surface area is 164 Å². The fourth-order valence-electron chi connectivity index (χ4n) is 3.09. The molecule has 0 saturated heterocycles. The van der Waals surface area contributed by atoms with Gasteiger partial charge >= 0.3 is 30.8 Å². The maximum atomic E-state index is 11.2. The van der Waals surface area contributed by atoms with E-state index < -0.39 is 17.9 Å². The van der Waals surface area contributed by atoms with Crippen molar-refractivity contribution in [3.05, 3.63) is 35.9 Å². The van der Waals surface area contributed by atoms with Crippen LogP contribution in [-0.4, -0.2) is 22.2 Å². The van der Waals surface area contributed by atoms with Crippen LogP contribution < -0.4 is 18.9 Å². The number of unbranched alkanes of at least 4 members (excludes halogenated alkanes) is 6. The van der Waals surface area contributed by atoms with Gasteiger partial charge in [-0.25, -0.2) is 0 Å². The third-order valence-corrected chi connectivity index (χ3v) is 4.54. The SMILES string of the molecule is CCCCCCCCCC(CC(C(=O)O)C(=O)O)c1ccccc1.[H-].[Li+]. The summed E-state index contributed by atoms with van der Waals surface area (Å²) in [5, 5.41) is 18.3. The van der Waals surface area contributed by atoms with Gasteiger partial charge in [-0.1, -0.05) is 82.2 Å². The summed E-state index contributed by atoms with van der Waals surface area (Å²) in [6.07, 6.45) is 9.38. The zero-order chi connectivity index (χ0) is 17.8. The van der Waals surface area contributed by atoms with Crippen LogP contribution in [0.1, 0.15) is 77.6 Å². The maximum Gasteiger partial charge on any atom is 1.00 e. The van der Waals surface area contributed by atoms with E-state index in [2.05, 4.69) is 6.92 Å². The van der Waals surface area contributed by atoms with Gasteiger partial charge in [0.25, 0.3) is 0 Å². The summed E-state index contributed by atoms with van der Waals surface area (Å²) < 4.78 is 0. The molecule has 0 heterocycles. The summed E-state index contributed by atoms with van der Waals surface area (Å²) in [4.78, 5) is 22.4. The van der Waals surface area contributed by atoms with Gasteiger partial charge in [-0.15, -0.1) is 0 Å². The van der Waals surface area contributed by atoms with Crippen LogP contribution in [0.5, 0.6) is 0 Å². The Morgan fingerprint density at radius 2 is 1.44 bits per heavy atom. The molecule has 1 aromatic rings. The zero-order valence-corrected chi connectivity index (χ0v) is 15.6. The van der Waals surface area contributed by atoms with E-state index in [1.165, 1.54) is 32.1 Å². The van der Waals surface area contributed by atoms with Gasteiger partial charge in [0.05, 0.1) is 0 Å². The zero-order valence-electron chi connectivity index (χ0n) is 16.6. The number of carbonyl (C=O) groups is 2. The van der Waals surface area contributed by atoms with Crippen LogP contribution in [0.15, 0.2) is 30.3 Å². The molecule has 0 aliphatic heterocycles. The first kappa shape index (κ1) is 23.8. The molecule has 0 aromatic heterocycles. The van der Waals surface area contributed by atoms with E-state index in [4.69, 9.17) is 10.2 Å². The molecule has 0 amide bonds. The third kappa shape index (κ3) is 9.72. The molecule has 1 atom stereocenters. The molecule has 25 heavy (non-hydrogen) atoms. The minimum Gasteiger partial charge on any atom is -1.00 e. The average molecular weight is 342 g/mol. The largest absolute Gasteiger partial charge is 1.00 e. The van der Waals surface area contributed by atoms with Gasteiger partial charge < -0.3 is 11.6 Å². The molecule has 2 N–H and O–H groups in total. The Hall–Kier alpha value is -1.24. The molecule has 136 valence electrons. The number of hydrogen-bond acceptors (Lipinski definition) is 2. The van der Waals surface area contributed by atoms with Crippen molar-refractivity contribution in [3.63, 3.8) is 0 Å². The van der Waals surface area contributed by atoms with E-state index in [0.29, 0.717) is 0 Å². The van der Waals surface area contributed by atoms with Crippen molar-refractivity contribution in [2.45, 2.75) is 70.6 Å². The summed E-state index contributed by atoms with van der Waals surface area (Å²) in [6, 6.07) is 9.69. The third-order valence-electron chi connectivity index (χ3n) is 4.54. The summed E-state index contributed by atoms with van der Waals surface area (Å²) in [5.74, 6) is -3.84. The fourth-order valence-corrected chi connectivity index (χ4v) is 3.09. The molecule has 0 radical (unpaired) electrons. The normalized spacial score (nSPS) is 11.8. The molecule has 0 aliphatic rings. The number of carboxylic acid groups (broad SMARTS) is 2. The van der Waals surface area contributed by atoms with E-state index in [9.17, 15) is 9.59 Å². The Balaban J connectivity index is 0. The Morgan fingerprint density at radius 3 is 1.96 bits per heavy atom. The topological polar surface area (TPSA) is 74.6 Å². The van der Waals surface area contributed by atoms with Gasteiger partial charge in [0.15, 0.2) is 5.92 Å². The number of benzene rings is 1. The molecule has 1 unspecified atom stereocenters. The summed E-state index contributed by atoms with van der Waals surface area (Å²) in [5.41, 5.74) is 1.04. The predicted octanol–water partition coefficient (Wildman–Crippen LogP) is 2.20. The average Bonchev–Trinajstić information content (AvgIpc) is 2.56. The second kappa shape index (κ2) is 14.0. The smallest absolute Gasteiger partial charge is 1.00 e. The predicted molar refractivity (Wildman–Crippen MR) is 96.3 cm³/mol. The number of hydrogen-bond donors (Lipinski definition) is 2. The molecule has 5 heteroatoms. The summed E-state index contributed by atoms with van der Waals surface area (Å²) in [6.45, 7) is 2.20. The van der Waals surface area contributed by atoms with E-state index in [1.54, 1.807) is 0 Å². The Bertz CT molecular complexity index is 482. The molecular formula is C20H31LiO4. The Kier molecular flexibility index (Phi) is 13.3. The monoisotopic (exact) mass is 342 g/mol. The molecule has 1 rings (SSSR count). The van der Waals surface area contributed by atoms with Crippen LogP contribution in [-0.2, 0) is 9.59 Å². The van der Waals surface area contributed by atoms with Crippen molar-refractivity contribution in [2.75, 3.05) is 0 Å². The number of aliphatic carboxylic acids is 2. The van der Waals surface area contributed by atoms with Crippen LogP contribution in [0, 0.1) is 5.92 Å². The van der Waals surface area contributed by atoms with Crippen molar-refractivity contribution in [1.82, 2.24) is 0 Å². The van der Waals surface area contributed by atoms with Gasteiger partial charge in [-0.05, 0) is 24.3 Å². The Morgan fingerprint density at radius 1 is 0.920 bits per heavy atom. The fraction of sp³-hybridized carbons (Fsp3) is 0.600. The van der Waals surface area contributed by atoms with Crippen LogP contribution >= 0.6 is 0 Å². The van der Waals surface area contributed by atoms with Gasteiger partial charge in [-0.3, -0.25) is 9.59 Å². The molecule has 0 aliphatic carbocycles. The molecular weight excluding hydrogens is 311 g/mol. The first-order valence-electron chi connectivity index (χ1n) is 9.06. The first-order chi connectivity index (χ1) is 11.6. The number of rotatable bonds is 13. The van der Waals surface area contributed by atoms with Gasteiger partial charge in [0, 0.05) is 0 Å². The molecule has 1 aromatic carbocycles. The minimum absolute atomic E-state index is 0. The quantitative estimate of drug-likeness (QED) is 0.327. The first-order valence-corrected chi connectivity index (χ1v) is 9.06. The van der Waals surface area contributed by atoms with Crippen molar-refractivity contribution in [2.24, 2.45) is 5.92 Å². The van der Waals surface area contributed by atoms with E-state index in [0.717, 1.165) is 24.8 Å². The second-order valence-corrected chi connectivity index (χ2v) is 6.48. The van der Waals surface area contributed by atoms with Crippen LogP contribution in [0.2, 0.25) is 0 Å². The molecule has 0 bridgehead atoms. The van der Waals surface area contributed by atoms with Crippen molar-refractivity contribution >= 4 is 11.9 Å². The maximum absolute atomic E-state index is 11.2. The van der Waals surface area contributed by atoms with Crippen molar-refractivity contribution < 1.29 is 40.1 Å². The van der Waals surface area contributed by atoms with Crippen LogP contribution in [0.25, 0.3) is 0 Å². The summed E-state index contributed by atoms with van der Waals surface area (Å²) in [7, 11) is 0. The van der Waals surface area contributed by atoms with Gasteiger partial charge in [-0.2, -0.15) is 0 Å². The minimum atomic E-state index is -1.33. The second-order valence-electron chi connectivity index (χ2n) is 6.48. The van der Waals surface area contributed by atoms with Gasteiger partial charge in [0.2, 0.25) is 0 Å². The van der Waals surface area contributed by atoms with E-state index in [1.807, 2.05) is 30.3 Å². The van der Waals surface area contributed by atoms with Crippen LogP contribution in [0.3, 0.4) is 0 Å². The molecule has 0 spiro atoms. The molecule has 0 fully saturated rings. The van der Waals surface area contributed by atoms with Gasteiger partial charge in [0.1, 0.15) is 0 Å².